The first kappa shape index (κ1) is 32.3. The van der Waals surface area contributed by atoms with Gasteiger partial charge in [-0.25, -0.2) is 17.6 Å². The van der Waals surface area contributed by atoms with Crippen molar-refractivity contribution < 1.29 is 32.2 Å². The predicted octanol–water partition coefficient (Wildman–Crippen LogP) is 6.91. The van der Waals surface area contributed by atoms with Crippen molar-refractivity contribution >= 4 is 11.7 Å². The molecular weight excluding hydrogens is 598 g/mol. The van der Waals surface area contributed by atoms with E-state index in [4.69, 9.17) is 9.84 Å². The van der Waals surface area contributed by atoms with Crippen molar-refractivity contribution in [2.45, 2.75) is 64.1 Å². The standard InChI is InChI=1S/C36H41F4N3O3/c1-24-15-26-16-28(46-21-25-7-3-2-4-8-25)9-10-29(26)35(43(24)19-32(39)40)34-30(37)17-27(18-31(34)38)42-22-36(23-42)11-5-13-41(14-6-12-36)20-33(44)45/h2-4,7-10,16-18,24,32,35H,5-6,11-15,19-23H2,1H3,(H,44,45)/t24-,35?/m1/s1. The number of ether oxygens (including phenoxy) is 1. The van der Waals surface area contributed by atoms with Crippen LogP contribution < -0.4 is 9.64 Å². The summed E-state index contributed by atoms with van der Waals surface area (Å²) in [5.74, 6) is -1.69. The Hall–Kier alpha value is -3.63. The zero-order valence-corrected chi connectivity index (χ0v) is 26.1. The third-order valence-electron chi connectivity index (χ3n) is 9.90. The van der Waals surface area contributed by atoms with Crippen molar-refractivity contribution in [1.29, 1.82) is 0 Å². The van der Waals surface area contributed by atoms with Crippen LogP contribution in [-0.2, 0) is 17.8 Å². The first-order valence-corrected chi connectivity index (χ1v) is 16.1. The van der Waals surface area contributed by atoms with E-state index in [-0.39, 0.29) is 23.6 Å². The fraction of sp³-hybridized carbons (Fsp3) is 0.472. The molecule has 0 amide bonds. The Morgan fingerprint density at radius 2 is 1.67 bits per heavy atom. The number of nitrogens with zero attached hydrogens (tertiary/aromatic N) is 3. The molecule has 0 saturated carbocycles. The minimum Gasteiger partial charge on any atom is -0.489 e. The number of carbonyl (C=O) groups is 1. The van der Waals surface area contributed by atoms with Crippen molar-refractivity contribution in [3.8, 4) is 5.75 Å². The third-order valence-corrected chi connectivity index (χ3v) is 9.90. The molecule has 3 aliphatic heterocycles. The topological polar surface area (TPSA) is 56.3 Å². The zero-order chi connectivity index (χ0) is 32.4. The van der Waals surface area contributed by atoms with Crippen molar-refractivity contribution in [2.75, 3.05) is 44.2 Å². The van der Waals surface area contributed by atoms with Crippen LogP contribution in [-0.4, -0.2) is 72.6 Å². The molecule has 1 unspecified atom stereocenters. The smallest absolute Gasteiger partial charge is 0.317 e. The van der Waals surface area contributed by atoms with Gasteiger partial charge in [-0.05, 0) is 93.1 Å². The van der Waals surface area contributed by atoms with Gasteiger partial charge < -0.3 is 14.7 Å². The molecule has 6 rings (SSSR count). The summed E-state index contributed by atoms with van der Waals surface area (Å²) < 4.78 is 65.8. The number of carboxylic acid groups (broad SMARTS) is 1. The number of hydrogen-bond donors (Lipinski definition) is 1. The van der Waals surface area contributed by atoms with Crippen LogP contribution in [0.15, 0.2) is 60.7 Å². The summed E-state index contributed by atoms with van der Waals surface area (Å²) >= 11 is 0. The molecule has 1 N–H and O–H groups in total. The number of carboxylic acids is 1. The molecule has 46 heavy (non-hydrogen) atoms. The van der Waals surface area contributed by atoms with Crippen LogP contribution in [0.5, 0.6) is 5.75 Å². The van der Waals surface area contributed by atoms with Gasteiger partial charge in [0.25, 0.3) is 6.43 Å². The fourth-order valence-electron chi connectivity index (χ4n) is 7.71. The highest BCUT2D eigenvalue weighted by Gasteiger charge is 2.44. The highest BCUT2D eigenvalue weighted by atomic mass is 19.3. The molecule has 3 aromatic rings. The lowest BCUT2D eigenvalue weighted by molar-refractivity contribution is -0.138. The number of anilines is 1. The van der Waals surface area contributed by atoms with E-state index in [1.165, 1.54) is 17.0 Å². The van der Waals surface area contributed by atoms with Gasteiger partial charge in [0.15, 0.2) is 0 Å². The molecule has 0 radical (unpaired) electrons. The molecule has 246 valence electrons. The average Bonchev–Trinajstić information content (AvgIpc) is 2.97. The van der Waals surface area contributed by atoms with Crippen LogP contribution >= 0.6 is 0 Å². The van der Waals surface area contributed by atoms with Crippen LogP contribution in [0.1, 0.15) is 60.9 Å². The van der Waals surface area contributed by atoms with Crippen LogP contribution in [0.25, 0.3) is 0 Å². The summed E-state index contributed by atoms with van der Waals surface area (Å²) in [6, 6.07) is 16.4. The van der Waals surface area contributed by atoms with Crippen LogP contribution in [0.2, 0.25) is 0 Å². The molecule has 2 atom stereocenters. The number of benzene rings is 3. The molecule has 0 aromatic heterocycles. The van der Waals surface area contributed by atoms with Crippen LogP contribution in [0, 0.1) is 17.0 Å². The summed E-state index contributed by atoms with van der Waals surface area (Å²) in [7, 11) is 0. The molecule has 0 bridgehead atoms. The van der Waals surface area contributed by atoms with Gasteiger partial charge in [-0.1, -0.05) is 36.4 Å². The lowest BCUT2D eigenvalue weighted by Crippen LogP contribution is -2.57. The summed E-state index contributed by atoms with van der Waals surface area (Å²) in [5.41, 5.74) is 2.72. The summed E-state index contributed by atoms with van der Waals surface area (Å²) in [5, 5.41) is 9.13. The van der Waals surface area contributed by atoms with Gasteiger partial charge in [0.05, 0.1) is 19.1 Å². The molecule has 6 nitrogen and oxygen atoms in total. The maximum Gasteiger partial charge on any atom is 0.317 e. The number of hydrogen-bond acceptors (Lipinski definition) is 5. The third kappa shape index (κ3) is 7.03. The molecule has 2 saturated heterocycles. The number of halogens is 4. The molecule has 3 aromatic carbocycles. The lowest BCUT2D eigenvalue weighted by atomic mass is 9.71. The van der Waals surface area contributed by atoms with E-state index in [2.05, 4.69) is 0 Å². The molecule has 3 heterocycles. The average molecular weight is 640 g/mol. The number of likely N-dealkylation sites (tertiary alicyclic amines) is 1. The Bertz CT molecular complexity index is 1500. The van der Waals surface area contributed by atoms with Crippen molar-refractivity contribution in [1.82, 2.24) is 9.80 Å². The summed E-state index contributed by atoms with van der Waals surface area (Å²) in [6.07, 6.45) is 1.40. The predicted molar refractivity (Wildman–Crippen MR) is 168 cm³/mol. The lowest BCUT2D eigenvalue weighted by Gasteiger charge is -2.53. The normalized spacial score (nSPS) is 21.8. The Labute approximate surface area is 267 Å². The quantitative estimate of drug-likeness (QED) is 0.257. The number of aliphatic carboxylic acids is 1. The Kier molecular flexibility index (Phi) is 9.57. The number of alkyl halides is 2. The Morgan fingerprint density at radius 3 is 2.30 bits per heavy atom. The van der Waals surface area contributed by atoms with Gasteiger partial charge >= 0.3 is 5.97 Å². The fourth-order valence-corrected chi connectivity index (χ4v) is 7.71. The van der Waals surface area contributed by atoms with Gasteiger partial charge in [0, 0.05) is 35.8 Å². The molecular formula is C36H41F4N3O3. The van der Waals surface area contributed by atoms with E-state index in [1.807, 2.05) is 53.1 Å². The molecule has 1 spiro atoms. The first-order valence-electron chi connectivity index (χ1n) is 16.1. The minimum absolute atomic E-state index is 0.0478. The summed E-state index contributed by atoms with van der Waals surface area (Å²) in [6.45, 7) is 4.43. The Balaban J connectivity index is 1.22. The van der Waals surface area contributed by atoms with Crippen molar-refractivity contribution in [2.24, 2.45) is 5.41 Å². The number of fused-ring (bicyclic) bond motifs is 1. The van der Waals surface area contributed by atoms with Gasteiger partial charge in [-0.2, -0.15) is 0 Å². The van der Waals surface area contributed by atoms with E-state index >= 15 is 8.78 Å². The highest BCUT2D eigenvalue weighted by Crippen LogP contribution is 2.46. The van der Waals surface area contributed by atoms with Gasteiger partial charge in [0.2, 0.25) is 0 Å². The minimum atomic E-state index is -2.66. The van der Waals surface area contributed by atoms with Crippen LogP contribution in [0.3, 0.4) is 0 Å². The van der Waals surface area contributed by atoms with E-state index in [0.717, 1.165) is 49.9 Å². The van der Waals surface area contributed by atoms with E-state index < -0.39 is 36.6 Å². The maximum absolute atomic E-state index is 16.1. The van der Waals surface area contributed by atoms with E-state index in [1.54, 1.807) is 12.1 Å². The summed E-state index contributed by atoms with van der Waals surface area (Å²) in [4.78, 5) is 16.6. The second kappa shape index (κ2) is 13.6. The largest absolute Gasteiger partial charge is 0.489 e. The number of rotatable bonds is 9. The molecule has 3 aliphatic rings. The van der Waals surface area contributed by atoms with Crippen LogP contribution in [0.4, 0.5) is 23.2 Å². The van der Waals surface area contributed by atoms with Gasteiger partial charge in [-0.3, -0.25) is 14.6 Å². The monoisotopic (exact) mass is 639 g/mol. The van der Waals surface area contributed by atoms with E-state index in [9.17, 15) is 13.6 Å². The molecule has 10 heteroatoms. The van der Waals surface area contributed by atoms with E-state index in [0.29, 0.717) is 43.1 Å². The zero-order valence-electron chi connectivity index (χ0n) is 26.1. The molecule has 2 fully saturated rings. The van der Waals surface area contributed by atoms with Gasteiger partial charge in [0.1, 0.15) is 24.0 Å². The van der Waals surface area contributed by atoms with Crippen molar-refractivity contribution in [3.05, 3.63) is 94.6 Å². The SMILES string of the molecule is C[C@@H]1Cc2cc(OCc3ccccc3)ccc2C(c2c(F)cc(N3CC4(CCCN(CC(=O)O)CCC4)C3)cc2F)N1CC(F)F. The molecule has 0 aliphatic carbocycles. The maximum atomic E-state index is 16.1. The Morgan fingerprint density at radius 1 is 1.00 bits per heavy atom. The second-order valence-electron chi connectivity index (χ2n) is 13.2. The highest BCUT2D eigenvalue weighted by molar-refractivity contribution is 5.69. The van der Waals surface area contributed by atoms with Crippen molar-refractivity contribution in [3.63, 3.8) is 0 Å². The second-order valence-corrected chi connectivity index (χ2v) is 13.2. The van der Waals surface area contributed by atoms with Gasteiger partial charge in [-0.15, -0.1) is 0 Å². The first-order chi connectivity index (χ1) is 22.1.